The van der Waals surface area contributed by atoms with E-state index in [2.05, 4.69) is 281 Å². The summed E-state index contributed by atoms with van der Waals surface area (Å²) >= 11 is 0. The van der Waals surface area contributed by atoms with Crippen LogP contribution in [0.4, 0.5) is 34.1 Å². The predicted octanol–water partition coefficient (Wildman–Crippen LogP) is 23.1. The number of aromatic nitrogens is 2. The third kappa shape index (κ3) is 8.04. The van der Waals surface area contributed by atoms with Gasteiger partial charge in [0.1, 0.15) is 16.7 Å². The Morgan fingerprint density at radius 2 is 0.750 bits per heavy atom. The maximum absolute atomic E-state index is 6.42. The predicted molar refractivity (Wildman–Crippen MR) is 367 cm³/mol. The Bertz CT molecular complexity index is 5810. The number of hydrogen-bond donors (Lipinski definition) is 0. The highest BCUT2D eigenvalue weighted by Crippen LogP contribution is 2.47. The van der Waals surface area contributed by atoms with E-state index in [0.717, 1.165) is 94.7 Å². The maximum atomic E-state index is 6.42. The van der Waals surface area contributed by atoms with E-state index in [1.165, 1.54) is 75.8 Å². The monoisotopic (exact) mass is 1120 g/mol. The van der Waals surface area contributed by atoms with Crippen molar-refractivity contribution in [3.05, 3.63) is 304 Å². The van der Waals surface area contributed by atoms with Gasteiger partial charge in [0.2, 0.25) is 5.71 Å². The van der Waals surface area contributed by atoms with Gasteiger partial charge in [0.25, 0.3) is 0 Å². The fraction of sp³-hybridized carbons (Fsp3) is 0. The van der Waals surface area contributed by atoms with Gasteiger partial charge in [-0.3, -0.25) is 4.98 Å². The molecule has 0 unspecified atom stereocenters. The molecular weight excluding hydrogens is 1070 g/mol. The van der Waals surface area contributed by atoms with Gasteiger partial charge in [-0.15, -0.1) is 0 Å². The first-order chi connectivity index (χ1) is 43.6. The molecule has 0 atom stereocenters. The summed E-state index contributed by atoms with van der Waals surface area (Å²) in [5.41, 5.74) is 16.2. The van der Waals surface area contributed by atoms with Crippen molar-refractivity contribution in [3.63, 3.8) is 0 Å². The minimum atomic E-state index is 0.624. The molecule has 4 heterocycles. The van der Waals surface area contributed by atoms with E-state index in [1.807, 2.05) is 30.5 Å². The highest BCUT2D eigenvalue weighted by Gasteiger charge is 2.23. The molecule has 0 saturated heterocycles. The van der Waals surface area contributed by atoms with Crippen LogP contribution in [0.25, 0.3) is 142 Å². The van der Waals surface area contributed by atoms with Crippen LogP contribution in [0, 0.1) is 0 Å². The van der Waals surface area contributed by atoms with Gasteiger partial charge in [0.15, 0.2) is 0 Å². The highest BCUT2D eigenvalue weighted by molar-refractivity contribution is 6.22. The van der Waals surface area contributed by atoms with Crippen molar-refractivity contribution in [3.8, 4) is 33.4 Å². The molecule has 6 heteroatoms. The molecule has 0 bridgehead atoms. The summed E-state index contributed by atoms with van der Waals surface area (Å²) in [5.74, 6) is 0. The Morgan fingerprint density at radius 1 is 0.250 bits per heavy atom. The summed E-state index contributed by atoms with van der Waals surface area (Å²) in [7, 11) is 0. The molecule has 0 saturated carbocycles. The van der Waals surface area contributed by atoms with Gasteiger partial charge in [0, 0.05) is 46.7 Å². The van der Waals surface area contributed by atoms with E-state index in [9.17, 15) is 0 Å². The van der Waals surface area contributed by atoms with Crippen LogP contribution >= 0.6 is 0 Å². The fourth-order valence-corrected chi connectivity index (χ4v) is 13.7. The van der Waals surface area contributed by atoms with Crippen LogP contribution < -0.4 is 9.80 Å². The van der Waals surface area contributed by atoms with Crippen LogP contribution in [0.2, 0.25) is 0 Å². The average Bonchev–Trinajstić information content (AvgIpc) is 1.62. The molecule has 6 nitrogen and oxygen atoms in total. The normalized spacial score (nSPS) is 11.9. The van der Waals surface area contributed by atoms with Crippen LogP contribution in [0.5, 0.6) is 0 Å². The van der Waals surface area contributed by atoms with E-state index in [-0.39, 0.29) is 0 Å². The van der Waals surface area contributed by atoms with E-state index in [0.29, 0.717) is 5.71 Å². The Hall–Kier alpha value is -11.9. The van der Waals surface area contributed by atoms with Crippen molar-refractivity contribution in [2.45, 2.75) is 0 Å². The van der Waals surface area contributed by atoms with Crippen molar-refractivity contribution in [1.82, 2.24) is 9.97 Å². The second-order valence-electron chi connectivity index (χ2n) is 22.9. The number of anilines is 6. The Morgan fingerprint density at radius 3 is 1.47 bits per heavy atom. The molecule has 0 aliphatic heterocycles. The molecule has 18 rings (SSSR count). The van der Waals surface area contributed by atoms with Crippen LogP contribution in [-0.2, 0) is 0 Å². The molecule has 18 aromatic rings. The van der Waals surface area contributed by atoms with Crippen molar-refractivity contribution in [1.29, 1.82) is 0 Å². The molecule has 0 aliphatic rings. The molecule has 0 amide bonds. The Labute approximate surface area is 505 Å². The quantitative estimate of drug-likeness (QED) is 0.134. The number of fused-ring (bicyclic) bond motifs is 16. The number of benzene rings is 14. The lowest BCUT2D eigenvalue weighted by molar-refractivity contribution is 0.654. The Kier molecular flexibility index (Phi) is 11.2. The van der Waals surface area contributed by atoms with E-state index in [4.69, 9.17) is 8.83 Å². The molecule has 0 radical (unpaired) electrons. The molecule has 14 aromatic carbocycles. The van der Waals surface area contributed by atoms with Gasteiger partial charge < -0.3 is 18.6 Å². The van der Waals surface area contributed by atoms with Crippen molar-refractivity contribution >= 4 is 143 Å². The largest absolute Gasteiger partial charge is 0.456 e. The third-order valence-electron chi connectivity index (χ3n) is 18.0. The molecule has 0 aliphatic carbocycles. The van der Waals surface area contributed by atoms with Gasteiger partial charge in [-0.2, -0.15) is 0 Å². The third-order valence-corrected chi connectivity index (χ3v) is 18.0. The number of nitrogens with zero attached hydrogens (tertiary/aromatic N) is 4. The molecule has 410 valence electrons. The van der Waals surface area contributed by atoms with E-state index >= 15 is 0 Å². The van der Waals surface area contributed by atoms with Gasteiger partial charge in [-0.05, 0) is 195 Å². The van der Waals surface area contributed by atoms with Crippen molar-refractivity contribution in [2.24, 2.45) is 0 Å². The van der Waals surface area contributed by atoms with E-state index < -0.39 is 0 Å². The van der Waals surface area contributed by atoms with Gasteiger partial charge >= 0.3 is 0 Å². The number of rotatable bonds is 9. The van der Waals surface area contributed by atoms with Gasteiger partial charge in [-0.25, -0.2) is 4.98 Å². The first-order valence-corrected chi connectivity index (χ1v) is 29.8. The van der Waals surface area contributed by atoms with Gasteiger partial charge in [-0.1, -0.05) is 188 Å². The highest BCUT2D eigenvalue weighted by atomic mass is 16.3. The fourth-order valence-electron chi connectivity index (χ4n) is 13.7. The van der Waals surface area contributed by atoms with Crippen LogP contribution in [-0.4, -0.2) is 9.97 Å². The summed E-state index contributed by atoms with van der Waals surface area (Å²) in [6, 6.07) is 103. The van der Waals surface area contributed by atoms with Crippen molar-refractivity contribution in [2.75, 3.05) is 9.80 Å². The zero-order valence-electron chi connectivity index (χ0n) is 47.5. The number of furan rings is 2. The molecule has 0 spiro atoms. The zero-order valence-corrected chi connectivity index (χ0v) is 47.5. The topological polar surface area (TPSA) is 58.5 Å². The SMILES string of the molecule is c1ccc(-c2ccc(N(c3ccc4ccc5c6ccc(-c7ccc(-c8ccc(N(c9ccc%10ccc%11ccc%12ccccc%12c%11c%10c9)c9cccc%10oc%11ncccc%11c9%10)cc8)cc7)cc6ccc5c4c3)c3cccc4oc5ccncc5c34)cc2)cc1. The lowest BCUT2D eigenvalue weighted by Gasteiger charge is -2.27. The first kappa shape index (κ1) is 49.6. The Balaban J connectivity index is 0.687. The number of pyridine rings is 2. The summed E-state index contributed by atoms with van der Waals surface area (Å²) in [6.07, 6.45) is 5.49. The first-order valence-electron chi connectivity index (χ1n) is 29.8. The molecule has 88 heavy (non-hydrogen) atoms. The average molecular weight is 1120 g/mol. The summed E-state index contributed by atoms with van der Waals surface area (Å²) in [5, 5.41) is 18.6. The van der Waals surface area contributed by atoms with Crippen LogP contribution in [0.3, 0.4) is 0 Å². The van der Waals surface area contributed by atoms with Gasteiger partial charge in [0.05, 0.1) is 27.5 Å². The minimum Gasteiger partial charge on any atom is -0.456 e. The standard InChI is InChI=1S/C82H50N4O2/c1-2-9-51(10-3-1)53-26-35-62(36-27-53)85(75-15-6-16-77-81(75)73-50-83-46-44-76(73)87-77)64-39-30-57-32-42-68-66-41-33-60(47-61(66)34-43-69(68)71(57)48-64)55-20-18-52(19-21-55)54-28-37-63(38-29-54)86(74-14-7-17-78-80(74)70-13-8-45-84-82(70)88-78)65-40-31-58-23-25-59-24-22-56-11-4-5-12-67(56)79(59)72(58)49-65/h1-50H. The molecular formula is C82H50N4O2. The van der Waals surface area contributed by atoms with E-state index in [1.54, 1.807) is 12.4 Å². The van der Waals surface area contributed by atoms with Crippen LogP contribution in [0.1, 0.15) is 0 Å². The second-order valence-corrected chi connectivity index (χ2v) is 22.9. The lowest BCUT2D eigenvalue weighted by atomic mass is 9.94. The summed E-state index contributed by atoms with van der Waals surface area (Å²) in [6.45, 7) is 0. The smallest absolute Gasteiger partial charge is 0.227 e. The number of hydrogen-bond acceptors (Lipinski definition) is 6. The zero-order chi connectivity index (χ0) is 57.8. The summed E-state index contributed by atoms with van der Waals surface area (Å²) in [4.78, 5) is 13.9. The maximum Gasteiger partial charge on any atom is 0.227 e. The minimum absolute atomic E-state index is 0.624. The summed E-state index contributed by atoms with van der Waals surface area (Å²) < 4.78 is 12.8. The lowest BCUT2D eigenvalue weighted by Crippen LogP contribution is -2.10. The molecule has 0 fully saturated rings. The molecule has 0 N–H and O–H groups in total. The second kappa shape index (κ2) is 19.9. The molecule has 4 aromatic heterocycles. The van der Waals surface area contributed by atoms with Crippen LogP contribution in [0.15, 0.2) is 313 Å². The van der Waals surface area contributed by atoms with Crippen molar-refractivity contribution < 1.29 is 8.83 Å².